The first-order valence-corrected chi connectivity index (χ1v) is 8.84. The highest BCUT2D eigenvalue weighted by Crippen LogP contribution is 2.44. The van der Waals surface area contributed by atoms with Crippen molar-refractivity contribution in [3.05, 3.63) is 65.5 Å². The summed E-state index contributed by atoms with van der Waals surface area (Å²) in [5.74, 6) is -1.64. The van der Waals surface area contributed by atoms with Crippen LogP contribution in [-0.2, 0) is 16.1 Å². The Hall–Kier alpha value is -2.39. The minimum Gasteiger partial charge on any atom is -0.422 e. The molecule has 27 heavy (non-hydrogen) atoms. The number of carbonyl (C=O) groups excluding carboxylic acids is 1. The fourth-order valence-corrected chi connectivity index (χ4v) is 3.52. The number of halogens is 3. The van der Waals surface area contributed by atoms with Crippen LogP contribution in [-0.4, -0.2) is 40.8 Å². The molecule has 5 nitrogen and oxygen atoms in total. The zero-order valence-corrected chi connectivity index (χ0v) is 15.0. The Bertz CT molecular complexity index is 841. The van der Waals surface area contributed by atoms with Crippen LogP contribution in [0.2, 0.25) is 0 Å². The van der Waals surface area contributed by atoms with Gasteiger partial charge in [0.15, 0.2) is 0 Å². The average Bonchev–Trinajstić information content (AvgIpc) is 3.09. The topological polar surface area (TPSA) is 60.8 Å². The third-order valence-electron chi connectivity index (χ3n) is 3.80. The van der Waals surface area contributed by atoms with E-state index in [0.29, 0.717) is 12.2 Å². The molecule has 0 spiro atoms. The first-order chi connectivity index (χ1) is 12.8. The fraction of sp³-hybridized carbons (Fsp3) is 0.278. The van der Waals surface area contributed by atoms with Gasteiger partial charge in [-0.05, 0) is 29.8 Å². The molecular weight excluding hydrogens is 381 g/mol. The average molecular weight is 396 g/mol. The molecular formula is C18H15F3N2O3S. The molecule has 0 bridgehead atoms. The summed E-state index contributed by atoms with van der Waals surface area (Å²) in [4.78, 5) is 19.9. The maximum absolute atomic E-state index is 13.7. The Morgan fingerprint density at radius 3 is 2.59 bits per heavy atom. The summed E-state index contributed by atoms with van der Waals surface area (Å²) < 4.78 is 51.0. The maximum atomic E-state index is 13.7. The summed E-state index contributed by atoms with van der Waals surface area (Å²) in [7, 11) is 1.52. The van der Waals surface area contributed by atoms with Crippen LogP contribution in [0.25, 0.3) is 0 Å². The second kappa shape index (κ2) is 7.69. The van der Waals surface area contributed by atoms with Crippen molar-refractivity contribution >= 4 is 22.8 Å². The number of benzene rings is 1. The number of hydrogen-bond acceptors (Lipinski definition) is 6. The van der Waals surface area contributed by atoms with E-state index in [2.05, 4.69) is 9.98 Å². The molecule has 3 rings (SSSR count). The van der Waals surface area contributed by atoms with Crippen molar-refractivity contribution in [2.75, 3.05) is 12.9 Å². The number of thioether (sulfide) groups is 1. The number of alkyl halides is 3. The lowest BCUT2D eigenvalue weighted by Gasteiger charge is -2.27. The lowest BCUT2D eigenvalue weighted by atomic mass is 10.1. The molecule has 1 aromatic carbocycles. The summed E-state index contributed by atoms with van der Waals surface area (Å²) >= 11 is 0.872. The number of aromatic nitrogens is 1. The normalized spacial score (nSPS) is 19.6. The summed E-state index contributed by atoms with van der Waals surface area (Å²) in [6.07, 6.45) is -1.93. The van der Waals surface area contributed by atoms with Crippen LogP contribution in [0.3, 0.4) is 0 Å². The number of aliphatic imine (C=N–C) groups is 1. The Labute approximate surface area is 157 Å². The van der Waals surface area contributed by atoms with Crippen molar-refractivity contribution in [2.24, 2.45) is 4.99 Å². The van der Waals surface area contributed by atoms with Gasteiger partial charge in [-0.25, -0.2) is 9.79 Å². The molecule has 0 saturated heterocycles. The molecule has 0 radical (unpaired) electrons. The van der Waals surface area contributed by atoms with Crippen LogP contribution in [0.1, 0.15) is 21.5 Å². The second-order valence-corrected chi connectivity index (χ2v) is 6.71. The van der Waals surface area contributed by atoms with Gasteiger partial charge in [-0.3, -0.25) is 4.98 Å². The summed E-state index contributed by atoms with van der Waals surface area (Å²) in [6.45, 7) is 0.331. The lowest BCUT2D eigenvalue weighted by Crippen LogP contribution is -2.48. The van der Waals surface area contributed by atoms with Crippen molar-refractivity contribution in [1.29, 1.82) is 0 Å². The van der Waals surface area contributed by atoms with E-state index in [4.69, 9.17) is 9.47 Å². The van der Waals surface area contributed by atoms with E-state index < -0.39 is 23.6 Å². The van der Waals surface area contributed by atoms with E-state index >= 15 is 0 Å². The highest BCUT2D eigenvalue weighted by atomic mass is 32.2. The molecule has 9 heteroatoms. The van der Waals surface area contributed by atoms with E-state index in [-0.39, 0.29) is 10.6 Å². The molecule has 0 fully saturated rings. The van der Waals surface area contributed by atoms with Gasteiger partial charge in [-0.15, -0.1) is 0 Å². The number of methoxy groups -OCH3 is 1. The number of carbonyl (C=O) groups is 1. The number of hydrogen-bond donors (Lipinski definition) is 0. The third-order valence-corrected chi connectivity index (χ3v) is 4.94. The van der Waals surface area contributed by atoms with Crippen molar-refractivity contribution in [2.45, 2.75) is 18.5 Å². The molecule has 1 atom stereocenters. The van der Waals surface area contributed by atoms with Gasteiger partial charge >= 0.3 is 17.9 Å². The molecule has 0 N–H and O–H groups in total. The number of ether oxygens (including phenoxy) is 2. The van der Waals surface area contributed by atoms with Crippen molar-refractivity contribution in [1.82, 2.24) is 4.98 Å². The maximum Gasteiger partial charge on any atom is 0.451 e. The third kappa shape index (κ3) is 4.14. The van der Waals surface area contributed by atoms with E-state index in [1.807, 2.05) is 0 Å². The highest BCUT2D eigenvalue weighted by molar-refractivity contribution is 8.14. The van der Waals surface area contributed by atoms with E-state index in [1.54, 1.807) is 24.3 Å². The number of pyridine rings is 1. The molecule has 1 unspecified atom stereocenters. The molecule has 0 saturated carbocycles. The largest absolute Gasteiger partial charge is 0.451 e. The van der Waals surface area contributed by atoms with E-state index in [1.165, 1.54) is 31.6 Å². The van der Waals surface area contributed by atoms with Gasteiger partial charge in [0.1, 0.15) is 5.04 Å². The van der Waals surface area contributed by atoms with Crippen LogP contribution in [0.15, 0.2) is 53.8 Å². The molecule has 2 aromatic rings. The number of nitrogens with zero attached hydrogens (tertiary/aromatic N) is 2. The van der Waals surface area contributed by atoms with Gasteiger partial charge in [-0.2, -0.15) is 13.2 Å². The molecule has 0 aliphatic carbocycles. The molecule has 2 heterocycles. The second-order valence-electron chi connectivity index (χ2n) is 5.75. The van der Waals surface area contributed by atoms with Gasteiger partial charge < -0.3 is 9.47 Å². The van der Waals surface area contributed by atoms with Gasteiger partial charge in [0.2, 0.25) is 0 Å². The Balaban J connectivity index is 1.86. The van der Waals surface area contributed by atoms with Crippen LogP contribution >= 0.6 is 11.8 Å². The van der Waals surface area contributed by atoms with Crippen LogP contribution in [0.4, 0.5) is 13.2 Å². The molecule has 1 aliphatic rings. The quantitative estimate of drug-likeness (QED) is 0.719. The first-order valence-electron chi connectivity index (χ1n) is 7.86. The van der Waals surface area contributed by atoms with Crippen molar-refractivity contribution < 1.29 is 27.4 Å². The fourth-order valence-electron chi connectivity index (χ4n) is 2.40. The van der Waals surface area contributed by atoms with Crippen LogP contribution in [0, 0.1) is 0 Å². The molecule has 142 valence electrons. The van der Waals surface area contributed by atoms with Gasteiger partial charge in [-0.1, -0.05) is 23.9 Å². The SMILES string of the molecule is COCc1ccc(C(=O)OC2(C(F)(F)F)CSC(c3cccnc3)=N2)cc1. The summed E-state index contributed by atoms with van der Waals surface area (Å²) in [6, 6.07) is 9.17. The monoisotopic (exact) mass is 396 g/mol. The Kier molecular flexibility index (Phi) is 5.52. The van der Waals surface area contributed by atoms with Gasteiger partial charge in [0, 0.05) is 25.1 Å². The minimum atomic E-state index is -4.85. The predicted molar refractivity (Wildman–Crippen MR) is 94.6 cm³/mol. The predicted octanol–water partition coefficient (Wildman–Crippen LogP) is 3.84. The van der Waals surface area contributed by atoms with Crippen molar-refractivity contribution in [3.63, 3.8) is 0 Å². The van der Waals surface area contributed by atoms with Gasteiger partial charge in [0.25, 0.3) is 0 Å². The molecule has 0 amide bonds. The summed E-state index contributed by atoms with van der Waals surface area (Å²) in [5.41, 5.74) is -1.69. The Morgan fingerprint density at radius 1 is 1.26 bits per heavy atom. The van der Waals surface area contributed by atoms with Gasteiger partial charge in [0.05, 0.1) is 17.9 Å². The molecule has 1 aliphatic heterocycles. The summed E-state index contributed by atoms with van der Waals surface area (Å²) in [5, 5.41) is 0.128. The number of rotatable bonds is 5. The van der Waals surface area contributed by atoms with Crippen molar-refractivity contribution in [3.8, 4) is 0 Å². The zero-order valence-electron chi connectivity index (χ0n) is 14.2. The van der Waals surface area contributed by atoms with Crippen LogP contribution in [0.5, 0.6) is 0 Å². The minimum absolute atomic E-state index is 0.00788. The van der Waals surface area contributed by atoms with Crippen LogP contribution < -0.4 is 0 Å². The lowest BCUT2D eigenvalue weighted by molar-refractivity contribution is -0.245. The van der Waals surface area contributed by atoms with E-state index in [0.717, 1.165) is 17.3 Å². The zero-order chi connectivity index (χ0) is 19.5. The highest BCUT2D eigenvalue weighted by Gasteiger charge is 2.61. The number of esters is 1. The molecule has 1 aromatic heterocycles. The standard InChI is InChI=1S/C18H15F3N2O3S/c1-25-10-12-4-6-13(7-5-12)16(24)26-17(18(19,20)21)11-27-15(23-17)14-3-2-8-22-9-14/h2-9H,10-11H2,1H3. The Morgan fingerprint density at radius 2 is 2.00 bits per heavy atom. The van der Waals surface area contributed by atoms with E-state index in [9.17, 15) is 18.0 Å². The first kappa shape index (κ1) is 19.4. The smallest absolute Gasteiger partial charge is 0.422 e.